The van der Waals surface area contributed by atoms with E-state index in [1.807, 2.05) is 0 Å². The zero-order valence-corrected chi connectivity index (χ0v) is 7.28. The molecule has 0 atom stereocenters. The minimum atomic E-state index is -4.10. The quantitative estimate of drug-likeness (QED) is 0.493. The first kappa shape index (κ1) is 6.79. The second-order valence-electron chi connectivity index (χ2n) is 0.511. The summed E-state index contributed by atoms with van der Waals surface area (Å²) >= 11 is 0.0100. The van der Waals surface area contributed by atoms with Gasteiger partial charge in [0.2, 0.25) is 0 Å². The van der Waals surface area contributed by atoms with Crippen LogP contribution in [-0.4, -0.2) is 39.2 Å². The van der Waals surface area contributed by atoms with E-state index in [2.05, 4.69) is 2.13 Å². The molecule has 0 saturated carbocycles. The van der Waals surface area contributed by atoms with Gasteiger partial charge in [0.25, 0.3) is 0 Å². The van der Waals surface area contributed by atoms with Crippen LogP contribution in [0, 0.1) is 0 Å². The van der Waals surface area contributed by atoms with Crippen LogP contribution in [0.5, 0.6) is 0 Å². The summed E-state index contributed by atoms with van der Waals surface area (Å²) in [6, 6.07) is 0. The molecule has 4 nitrogen and oxygen atoms in total. The first-order valence-corrected chi connectivity index (χ1v) is 3.84. The molecule has 0 aliphatic heterocycles. The van der Waals surface area contributed by atoms with Gasteiger partial charge in [-0.1, -0.05) is 0 Å². The third-order valence-electron chi connectivity index (χ3n) is 0.105. The van der Waals surface area contributed by atoms with Crippen LogP contribution in [0.15, 0.2) is 0 Å². The van der Waals surface area contributed by atoms with Gasteiger partial charge in [-0.2, -0.15) is 0 Å². The van der Waals surface area contributed by atoms with Crippen molar-refractivity contribution in [1.29, 1.82) is 0 Å². The Labute approximate surface area is 51.8 Å². The zero-order chi connectivity index (χ0) is 5.21. The Morgan fingerprint density at radius 2 is 1.83 bits per heavy atom. The molecule has 35 valence electrons. The fraction of sp³-hybridized carbons (Fsp3) is 0. The maximum absolute atomic E-state index is 9.37. The van der Waals surface area contributed by atoms with E-state index in [0.29, 0.717) is 0 Å². The Kier molecular flexibility index (Phi) is 2.48. The van der Waals surface area contributed by atoms with E-state index in [1.54, 1.807) is 0 Å². The van der Waals surface area contributed by atoms with Crippen molar-refractivity contribution in [1.82, 2.24) is 0 Å². The summed E-state index contributed by atoms with van der Waals surface area (Å²) in [5.74, 6) is 0. The minimum absolute atomic E-state index is 0.0100. The summed E-state index contributed by atoms with van der Waals surface area (Å²) in [6.07, 6.45) is 0. The molecule has 0 bridgehead atoms. The molecule has 0 aliphatic carbocycles. The van der Waals surface area contributed by atoms with Crippen LogP contribution in [-0.2, 0) is 12.5 Å². The third-order valence-corrected chi connectivity index (χ3v) is 2.77. The van der Waals surface area contributed by atoms with Crippen LogP contribution in [0.25, 0.3) is 0 Å². The van der Waals surface area contributed by atoms with Crippen molar-refractivity contribution in [2.24, 2.45) is 0 Å². The molecule has 0 unspecified atom stereocenters. The van der Waals surface area contributed by atoms with E-state index < -0.39 is 10.4 Å². The molecule has 0 rings (SSSR count). The molecule has 0 fully saturated rings. The van der Waals surface area contributed by atoms with E-state index in [4.69, 9.17) is 4.55 Å². The summed E-state index contributed by atoms with van der Waals surface area (Å²) in [6.45, 7) is 0. The maximum atomic E-state index is 9.37. The van der Waals surface area contributed by atoms with Crippen molar-refractivity contribution in [3.05, 3.63) is 0 Å². The first-order valence-electron chi connectivity index (χ1n) is 0.887. The molecule has 6 heavy (non-hydrogen) atoms. The summed E-state index contributed by atoms with van der Waals surface area (Å²) in [7, 11) is -4.10. The molecular weight excluding hydrogens is 303 g/mol. The van der Waals surface area contributed by atoms with Gasteiger partial charge in [-0.3, -0.25) is 0 Å². The zero-order valence-electron chi connectivity index (χ0n) is 2.58. The Morgan fingerprint density at radius 3 is 1.83 bits per heavy atom. The van der Waals surface area contributed by atoms with E-state index in [-0.39, 0.29) is 26.2 Å². The van der Waals surface area contributed by atoms with Gasteiger partial charge < -0.3 is 0 Å². The summed E-state index contributed by atoms with van der Waals surface area (Å²) in [5.41, 5.74) is 0. The van der Waals surface area contributed by atoms with E-state index in [0.717, 1.165) is 0 Å². The number of hydrogen-bond acceptors (Lipinski definition) is 3. The molecule has 0 aliphatic rings. The predicted octanol–water partition coefficient (Wildman–Crippen LogP) is -1.11. The molecule has 0 heterocycles. The standard InChI is InChI=1S/H2O4S.Pb/c1-5(2,3)4;/h(H2,1,2,3,4);/q;+1/p-1. The van der Waals surface area contributed by atoms with Crippen molar-refractivity contribution in [3.63, 3.8) is 0 Å². The fourth-order valence-electron chi connectivity index (χ4n) is 0. The number of rotatable bonds is 1. The summed E-state index contributed by atoms with van der Waals surface area (Å²) < 4.78 is 30.0. The molecule has 3 radical (unpaired) electrons. The molecular formula is HO4PbS. The molecule has 1 N–H and O–H groups in total. The van der Waals surface area contributed by atoms with Crippen LogP contribution in [0.1, 0.15) is 0 Å². The Hall–Kier alpha value is 0.792. The molecule has 0 aromatic rings. The van der Waals surface area contributed by atoms with Crippen LogP contribution in [0.4, 0.5) is 0 Å². The normalized spacial score (nSPS) is 11.7. The van der Waals surface area contributed by atoms with Gasteiger partial charge in [0.1, 0.15) is 0 Å². The predicted molar refractivity (Wildman–Crippen MR) is 18.4 cm³/mol. The Balaban J connectivity index is 3.85. The monoisotopic (exact) mass is 305 g/mol. The van der Waals surface area contributed by atoms with Crippen molar-refractivity contribution in [3.8, 4) is 0 Å². The third kappa shape index (κ3) is 4.79. The molecule has 0 aromatic heterocycles. The van der Waals surface area contributed by atoms with Gasteiger partial charge in [-0.05, 0) is 0 Å². The van der Waals surface area contributed by atoms with Crippen molar-refractivity contribution in [2.45, 2.75) is 0 Å². The Morgan fingerprint density at radius 1 is 1.67 bits per heavy atom. The average Bonchev–Trinajstić information content (AvgIpc) is 1.35. The number of hydrogen-bond donors (Lipinski definition) is 1. The van der Waals surface area contributed by atoms with Crippen molar-refractivity contribution >= 4 is 36.6 Å². The topological polar surface area (TPSA) is 63.6 Å². The first-order chi connectivity index (χ1) is 2.56. The van der Waals surface area contributed by atoms with Gasteiger partial charge >= 0.3 is 51.7 Å². The van der Waals surface area contributed by atoms with Crippen molar-refractivity contribution in [2.75, 3.05) is 0 Å². The molecule has 0 aromatic carbocycles. The summed E-state index contributed by atoms with van der Waals surface area (Å²) in [5, 5.41) is 0. The van der Waals surface area contributed by atoms with Gasteiger partial charge in [-0.25, -0.2) is 0 Å². The van der Waals surface area contributed by atoms with Crippen LogP contribution in [0.3, 0.4) is 0 Å². The molecule has 0 spiro atoms. The second-order valence-corrected chi connectivity index (χ2v) is 3.48. The van der Waals surface area contributed by atoms with E-state index >= 15 is 0 Å². The summed E-state index contributed by atoms with van der Waals surface area (Å²) in [4.78, 5) is 0. The van der Waals surface area contributed by atoms with Gasteiger partial charge in [0.05, 0.1) is 0 Å². The Bertz CT molecular complexity index is 110. The molecule has 0 saturated heterocycles. The van der Waals surface area contributed by atoms with Gasteiger partial charge in [-0.15, -0.1) is 0 Å². The average molecular weight is 304 g/mol. The second kappa shape index (κ2) is 2.19. The van der Waals surface area contributed by atoms with Gasteiger partial charge in [0, 0.05) is 0 Å². The molecule has 6 heteroatoms. The van der Waals surface area contributed by atoms with Crippen LogP contribution >= 0.6 is 0 Å². The SMILES string of the molecule is O=S(=O)(O)[O][Pb]. The van der Waals surface area contributed by atoms with E-state index in [9.17, 15) is 8.42 Å². The van der Waals surface area contributed by atoms with E-state index in [1.165, 1.54) is 0 Å². The van der Waals surface area contributed by atoms with Crippen LogP contribution in [0.2, 0.25) is 0 Å². The van der Waals surface area contributed by atoms with Crippen molar-refractivity contribution < 1.29 is 15.1 Å². The fourth-order valence-corrected chi connectivity index (χ4v) is 0. The van der Waals surface area contributed by atoms with Crippen LogP contribution < -0.4 is 0 Å². The molecule has 0 amide bonds. The van der Waals surface area contributed by atoms with Gasteiger partial charge in [0.15, 0.2) is 0 Å².